The van der Waals surface area contributed by atoms with Crippen LogP contribution in [0.4, 0.5) is 28.8 Å². The molecule has 2 heterocycles. The van der Waals surface area contributed by atoms with Crippen molar-refractivity contribution in [2.75, 3.05) is 30.2 Å². The van der Waals surface area contributed by atoms with Crippen LogP contribution in [0.3, 0.4) is 0 Å². The summed E-state index contributed by atoms with van der Waals surface area (Å²) in [5, 5.41) is 9.34. The SMILES string of the molecule is C=CC(=O)Nc1cc(OC)ccc1Nc1nc(Nc2cc(Cl)nc(OC)c2)ncc1Cl. The Morgan fingerprint density at radius 3 is 2.58 bits per heavy atom. The average Bonchev–Trinajstić information content (AvgIpc) is 2.76. The molecule has 0 unspecified atom stereocenters. The van der Waals surface area contributed by atoms with Crippen LogP contribution < -0.4 is 25.4 Å². The molecule has 2 aromatic heterocycles. The number of aromatic nitrogens is 3. The van der Waals surface area contributed by atoms with Crippen molar-refractivity contribution in [2.45, 2.75) is 0 Å². The summed E-state index contributed by atoms with van der Waals surface area (Å²) in [5.74, 6) is 1.08. The molecule has 1 amide bonds. The van der Waals surface area contributed by atoms with E-state index < -0.39 is 0 Å². The molecule has 0 bridgehead atoms. The summed E-state index contributed by atoms with van der Waals surface area (Å²) < 4.78 is 10.3. The Labute approximate surface area is 188 Å². The van der Waals surface area contributed by atoms with Crippen LogP contribution in [0, 0.1) is 0 Å². The van der Waals surface area contributed by atoms with Crippen molar-refractivity contribution in [3.8, 4) is 11.6 Å². The first-order valence-corrected chi connectivity index (χ1v) is 9.57. The number of amides is 1. The minimum absolute atomic E-state index is 0.245. The van der Waals surface area contributed by atoms with Crippen LogP contribution in [-0.2, 0) is 4.79 Å². The van der Waals surface area contributed by atoms with E-state index in [0.29, 0.717) is 34.5 Å². The Balaban J connectivity index is 1.90. The molecule has 0 aliphatic carbocycles. The lowest BCUT2D eigenvalue weighted by Crippen LogP contribution is -2.10. The molecule has 0 atom stereocenters. The lowest BCUT2D eigenvalue weighted by Gasteiger charge is -2.15. The van der Waals surface area contributed by atoms with Crippen molar-refractivity contribution in [2.24, 2.45) is 0 Å². The van der Waals surface area contributed by atoms with E-state index in [-0.39, 0.29) is 22.0 Å². The van der Waals surface area contributed by atoms with Gasteiger partial charge < -0.3 is 25.4 Å². The normalized spacial score (nSPS) is 10.2. The largest absolute Gasteiger partial charge is 0.497 e. The number of nitrogens with one attached hydrogen (secondary N) is 3. The summed E-state index contributed by atoms with van der Waals surface area (Å²) in [6.45, 7) is 3.46. The molecule has 9 nitrogen and oxygen atoms in total. The number of rotatable bonds is 8. The number of carbonyl (C=O) groups excluding carboxylic acids is 1. The number of pyridine rings is 1. The maximum absolute atomic E-state index is 11.8. The Morgan fingerprint density at radius 2 is 1.87 bits per heavy atom. The highest BCUT2D eigenvalue weighted by Gasteiger charge is 2.12. The fourth-order valence-corrected chi connectivity index (χ4v) is 2.81. The molecule has 0 saturated carbocycles. The van der Waals surface area contributed by atoms with E-state index in [2.05, 4.69) is 37.5 Å². The van der Waals surface area contributed by atoms with E-state index in [9.17, 15) is 4.79 Å². The second-order valence-electron chi connectivity index (χ2n) is 5.97. The zero-order chi connectivity index (χ0) is 22.4. The van der Waals surface area contributed by atoms with Crippen LogP contribution in [0.5, 0.6) is 11.6 Å². The van der Waals surface area contributed by atoms with Crippen molar-refractivity contribution in [3.05, 3.63) is 59.4 Å². The summed E-state index contributed by atoms with van der Waals surface area (Å²) in [4.78, 5) is 24.4. The Morgan fingerprint density at radius 1 is 1.06 bits per heavy atom. The topological polar surface area (TPSA) is 110 Å². The zero-order valence-corrected chi connectivity index (χ0v) is 18.1. The quantitative estimate of drug-likeness (QED) is 0.324. The van der Waals surface area contributed by atoms with Crippen LogP contribution in [0.15, 0.2) is 49.2 Å². The molecule has 0 radical (unpaired) electrons. The smallest absolute Gasteiger partial charge is 0.247 e. The number of hydrogen-bond donors (Lipinski definition) is 3. The maximum atomic E-state index is 11.8. The first kappa shape index (κ1) is 22.1. The van der Waals surface area contributed by atoms with Gasteiger partial charge in [0.05, 0.1) is 31.8 Å². The molecule has 3 aromatic rings. The molecule has 0 fully saturated rings. The molecule has 0 saturated heterocycles. The molecule has 160 valence electrons. The van der Waals surface area contributed by atoms with Gasteiger partial charge in [0.2, 0.25) is 17.7 Å². The van der Waals surface area contributed by atoms with E-state index in [0.717, 1.165) is 6.08 Å². The molecular formula is C20H18Cl2N6O3. The third-order valence-electron chi connectivity index (χ3n) is 3.90. The predicted molar refractivity (Wildman–Crippen MR) is 121 cm³/mol. The Hall–Kier alpha value is -3.56. The number of nitrogens with zero attached hydrogens (tertiary/aromatic N) is 3. The van der Waals surface area contributed by atoms with Crippen molar-refractivity contribution in [3.63, 3.8) is 0 Å². The highest BCUT2D eigenvalue weighted by molar-refractivity contribution is 6.33. The molecule has 1 aromatic carbocycles. The number of anilines is 5. The van der Waals surface area contributed by atoms with E-state index in [1.165, 1.54) is 20.4 Å². The fraction of sp³-hybridized carbons (Fsp3) is 0.100. The van der Waals surface area contributed by atoms with Gasteiger partial charge in [-0.05, 0) is 24.3 Å². The molecule has 11 heteroatoms. The number of ether oxygens (including phenoxy) is 2. The van der Waals surface area contributed by atoms with Gasteiger partial charge in [0.15, 0.2) is 5.82 Å². The number of benzene rings is 1. The molecular weight excluding hydrogens is 443 g/mol. The van der Waals surface area contributed by atoms with Crippen LogP contribution in [0.25, 0.3) is 0 Å². The third kappa shape index (κ3) is 5.74. The van der Waals surface area contributed by atoms with Gasteiger partial charge in [-0.3, -0.25) is 4.79 Å². The molecule has 0 aliphatic rings. The number of hydrogen-bond acceptors (Lipinski definition) is 8. The van der Waals surface area contributed by atoms with Gasteiger partial charge in [-0.25, -0.2) is 9.97 Å². The van der Waals surface area contributed by atoms with E-state index in [4.69, 9.17) is 32.7 Å². The molecule has 31 heavy (non-hydrogen) atoms. The standard InChI is InChI=1S/C20H18Cl2N6O3/c1-4-17(29)25-15-9-12(30-2)5-6-14(15)26-19-13(21)10-23-20(28-19)24-11-7-16(22)27-18(8-11)31-3/h4-10H,1H2,2-3H3,(H,25,29)(H2,23,24,26,27,28). The van der Waals surface area contributed by atoms with Gasteiger partial charge in [0, 0.05) is 17.8 Å². The predicted octanol–water partition coefficient (Wildman–Crippen LogP) is 4.81. The molecule has 3 rings (SSSR count). The average molecular weight is 461 g/mol. The van der Waals surface area contributed by atoms with Gasteiger partial charge in [0.25, 0.3) is 0 Å². The number of carbonyl (C=O) groups is 1. The van der Waals surface area contributed by atoms with Gasteiger partial charge in [0.1, 0.15) is 15.9 Å². The van der Waals surface area contributed by atoms with Gasteiger partial charge >= 0.3 is 0 Å². The zero-order valence-electron chi connectivity index (χ0n) is 16.6. The van der Waals surface area contributed by atoms with E-state index in [1.54, 1.807) is 30.3 Å². The van der Waals surface area contributed by atoms with Crippen molar-refractivity contribution < 1.29 is 14.3 Å². The van der Waals surface area contributed by atoms with Gasteiger partial charge in [-0.15, -0.1) is 0 Å². The van der Waals surface area contributed by atoms with Crippen LogP contribution in [0.2, 0.25) is 10.2 Å². The molecule has 0 aliphatic heterocycles. The van der Waals surface area contributed by atoms with Crippen molar-refractivity contribution >= 4 is 57.9 Å². The highest BCUT2D eigenvalue weighted by Crippen LogP contribution is 2.32. The molecule has 3 N–H and O–H groups in total. The first-order chi connectivity index (χ1) is 14.9. The lowest BCUT2D eigenvalue weighted by molar-refractivity contribution is -0.111. The minimum Gasteiger partial charge on any atom is -0.497 e. The van der Waals surface area contributed by atoms with Crippen LogP contribution >= 0.6 is 23.2 Å². The number of methoxy groups -OCH3 is 2. The highest BCUT2D eigenvalue weighted by atomic mass is 35.5. The van der Waals surface area contributed by atoms with E-state index in [1.807, 2.05) is 0 Å². The van der Waals surface area contributed by atoms with Gasteiger partial charge in [-0.2, -0.15) is 4.98 Å². The number of halogens is 2. The second-order valence-corrected chi connectivity index (χ2v) is 6.76. The fourth-order valence-electron chi connectivity index (χ4n) is 2.47. The van der Waals surface area contributed by atoms with Gasteiger partial charge in [-0.1, -0.05) is 29.8 Å². The summed E-state index contributed by atoms with van der Waals surface area (Å²) >= 11 is 12.3. The summed E-state index contributed by atoms with van der Waals surface area (Å²) in [7, 11) is 3.02. The summed E-state index contributed by atoms with van der Waals surface area (Å²) in [5.41, 5.74) is 1.57. The first-order valence-electron chi connectivity index (χ1n) is 8.81. The van der Waals surface area contributed by atoms with Crippen molar-refractivity contribution in [1.29, 1.82) is 0 Å². The van der Waals surface area contributed by atoms with E-state index >= 15 is 0 Å². The summed E-state index contributed by atoms with van der Waals surface area (Å²) in [6.07, 6.45) is 2.60. The van der Waals surface area contributed by atoms with Crippen LogP contribution in [-0.4, -0.2) is 35.1 Å². The molecule has 0 spiro atoms. The van der Waals surface area contributed by atoms with Crippen molar-refractivity contribution in [1.82, 2.24) is 15.0 Å². The third-order valence-corrected chi connectivity index (χ3v) is 4.37. The Kier molecular flexibility index (Phi) is 7.11. The summed E-state index contributed by atoms with van der Waals surface area (Å²) in [6, 6.07) is 8.34. The second kappa shape index (κ2) is 9.96. The monoisotopic (exact) mass is 460 g/mol. The maximum Gasteiger partial charge on any atom is 0.247 e. The minimum atomic E-state index is -0.379. The Bertz CT molecular complexity index is 1130. The lowest BCUT2D eigenvalue weighted by atomic mass is 10.2. The van der Waals surface area contributed by atoms with Crippen LogP contribution in [0.1, 0.15) is 0 Å².